The number of hydrogen-bond acceptors (Lipinski definition) is 2. The fourth-order valence-corrected chi connectivity index (χ4v) is 1.99. The molecule has 3 aromatic rings. The number of nitrogens with one attached hydrogen (secondary N) is 1. The number of aromatic amines is 1. The number of rotatable bonds is 2. The third-order valence-corrected chi connectivity index (χ3v) is 2.98. The third kappa shape index (κ3) is 2.00. The van der Waals surface area contributed by atoms with Gasteiger partial charge in [0, 0.05) is 28.5 Å². The zero-order valence-corrected chi connectivity index (χ0v) is 10.2. The lowest BCUT2D eigenvalue weighted by atomic mass is 10.1. The van der Waals surface area contributed by atoms with Crippen molar-refractivity contribution in [1.82, 2.24) is 15.0 Å². The molecule has 3 rings (SSSR count). The Morgan fingerprint density at radius 1 is 0.889 bits per heavy atom. The molecule has 0 aliphatic rings. The first-order valence-electron chi connectivity index (χ1n) is 5.54. The van der Waals surface area contributed by atoms with Gasteiger partial charge in [-0.2, -0.15) is 0 Å². The predicted octanol–water partition coefficient (Wildman–Crippen LogP) is 3.79. The first kappa shape index (κ1) is 11.0. The van der Waals surface area contributed by atoms with Crippen molar-refractivity contribution in [2.45, 2.75) is 0 Å². The van der Waals surface area contributed by atoms with Gasteiger partial charge in [0.05, 0.1) is 17.7 Å². The summed E-state index contributed by atoms with van der Waals surface area (Å²) in [6.45, 7) is 0. The van der Waals surface area contributed by atoms with Crippen LogP contribution in [0.3, 0.4) is 0 Å². The number of imidazole rings is 1. The summed E-state index contributed by atoms with van der Waals surface area (Å²) in [6, 6.07) is 11.6. The highest BCUT2D eigenvalue weighted by molar-refractivity contribution is 6.30. The zero-order chi connectivity index (χ0) is 12.4. The van der Waals surface area contributed by atoms with Gasteiger partial charge in [-0.15, -0.1) is 0 Å². The zero-order valence-electron chi connectivity index (χ0n) is 9.47. The molecule has 0 saturated heterocycles. The van der Waals surface area contributed by atoms with E-state index in [2.05, 4.69) is 15.0 Å². The molecular weight excluding hydrogens is 246 g/mol. The van der Waals surface area contributed by atoms with E-state index in [1.54, 1.807) is 18.7 Å². The minimum absolute atomic E-state index is 0.722. The normalized spacial score (nSPS) is 10.5. The lowest BCUT2D eigenvalue weighted by Gasteiger charge is -2.03. The van der Waals surface area contributed by atoms with Crippen molar-refractivity contribution in [1.29, 1.82) is 0 Å². The van der Waals surface area contributed by atoms with Gasteiger partial charge in [0.25, 0.3) is 0 Å². The summed E-state index contributed by atoms with van der Waals surface area (Å²) in [5, 5.41) is 0.722. The summed E-state index contributed by atoms with van der Waals surface area (Å²) in [7, 11) is 0. The first-order chi connectivity index (χ1) is 8.84. The maximum atomic E-state index is 5.89. The van der Waals surface area contributed by atoms with Crippen LogP contribution in [0.25, 0.3) is 22.5 Å². The number of H-pyrrole nitrogens is 1. The van der Waals surface area contributed by atoms with Crippen molar-refractivity contribution in [3.05, 3.63) is 60.1 Å². The van der Waals surface area contributed by atoms with E-state index in [1.807, 2.05) is 36.4 Å². The van der Waals surface area contributed by atoms with Crippen LogP contribution in [0.15, 0.2) is 55.1 Å². The molecule has 2 aromatic heterocycles. The lowest BCUT2D eigenvalue weighted by molar-refractivity contribution is 1.30. The van der Waals surface area contributed by atoms with Gasteiger partial charge in [0.1, 0.15) is 0 Å². The summed E-state index contributed by atoms with van der Waals surface area (Å²) in [5.74, 6) is 0. The number of nitrogens with zero attached hydrogens (tertiary/aromatic N) is 2. The van der Waals surface area contributed by atoms with Crippen molar-refractivity contribution in [3.8, 4) is 22.5 Å². The van der Waals surface area contributed by atoms with Crippen LogP contribution in [0.5, 0.6) is 0 Å². The van der Waals surface area contributed by atoms with Gasteiger partial charge < -0.3 is 4.98 Å². The molecule has 88 valence electrons. The Morgan fingerprint density at radius 2 is 1.61 bits per heavy atom. The van der Waals surface area contributed by atoms with Crippen molar-refractivity contribution in [2.75, 3.05) is 0 Å². The van der Waals surface area contributed by atoms with E-state index in [0.29, 0.717) is 0 Å². The fourth-order valence-electron chi connectivity index (χ4n) is 1.86. The maximum absolute atomic E-state index is 5.89. The van der Waals surface area contributed by atoms with Gasteiger partial charge in [-0.3, -0.25) is 4.98 Å². The highest BCUT2D eigenvalue weighted by atomic mass is 35.5. The number of halogens is 1. The number of aromatic nitrogens is 3. The lowest BCUT2D eigenvalue weighted by Crippen LogP contribution is -1.84. The smallest absolute Gasteiger partial charge is 0.0961 e. The van der Waals surface area contributed by atoms with E-state index in [9.17, 15) is 0 Å². The van der Waals surface area contributed by atoms with E-state index in [1.165, 1.54) is 0 Å². The molecule has 2 heterocycles. The highest BCUT2D eigenvalue weighted by Crippen LogP contribution is 2.29. The molecule has 0 unspecified atom stereocenters. The Balaban J connectivity index is 2.10. The number of benzene rings is 1. The van der Waals surface area contributed by atoms with E-state index in [4.69, 9.17) is 11.6 Å². The second kappa shape index (κ2) is 4.63. The van der Waals surface area contributed by atoms with Crippen LogP contribution >= 0.6 is 11.6 Å². The molecule has 0 bridgehead atoms. The van der Waals surface area contributed by atoms with Crippen molar-refractivity contribution < 1.29 is 0 Å². The van der Waals surface area contributed by atoms with Gasteiger partial charge in [-0.05, 0) is 24.3 Å². The van der Waals surface area contributed by atoms with Gasteiger partial charge in [0.15, 0.2) is 0 Å². The van der Waals surface area contributed by atoms with E-state index in [0.717, 1.165) is 27.5 Å². The monoisotopic (exact) mass is 255 g/mol. The van der Waals surface area contributed by atoms with Crippen LogP contribution in [0.4, 0.5) is 0 Å². The maximum Gasteiger partial charge on any atom is 0.0961 e. The van der Waals surface area contributed by atoms with Crippen molar-refractivity contribution in [3.63, 3.8) is 0 Å². The number of hydrogen-bond donors (Lipinski definition) is 1. The summed E-state index contributed by atoms with van der Waals surface area (Å²) in [4.78, 5) is 11.6. The Labute approximate surface area is 109 Å². The molecule has 0 aliphatic heterocycles. The van der Waals surface area contributed by atoms with Gasteiger partial charge in [-0.25, -0.2) is 4.98 Å². The molecule has 0 aliphatic carbocycles. The van der Waals surface area contributed by atoms with Crippen LogP contribution in [0.2, 0.25) is 5.02 Å². The second-order valence-electron chi connectivity index (χ2n) is 3.87. The average molecular weight is 256 g/mol. The summed E-state index contributed by atoms with van der Waals surface area (Å²) >= 11 is 5.89. The molecular formula is C14H10ClN3. The minimum Gasteiger partial charge on any atom is -0.344 e. The Kier molecular flexibility index (Phi) is 2.82. The fraction of sp³-hybridized carbons (Fsp3) is 0. The largest absolute Gasteiger partial charge is 0.344 e. The average Bonchev–Trinajstić information content (AvgIpc) is 2.90. The van der Waals surface area contributed by atoms with Gasteiger partial charge in [-0.1, -0.05) is 23.7 Å². The second-order valence-corrected chi connectivity index (χ2v) is 4.31. The quantitative estimate of drug-likeness (QED) is 0.757. The summed E-state index contributed by atoms with van der Waals surface area (Å²) < 4.78 is 0. The molecule has 3 nitrogen and oxygen atoms in total. The molecule has 0 radical (unpaired) electrons. The van der Waals surface area contributed by atoms with Crippen LogP contribution in [0, 0.1) is 0 Å². The summed E-state index contributed by atoms with van der Waals surface area (Å²) in [5.41, 5.74) is 4.00. The van der Waals surface area contributed by atoms with Crippen LogP contribution in [-0.2, 0) is 0 Å². The van der Waals surface area contributed by atoms with Crippen molar-refractivity contribution in [2.24, 2.45) is 0 Å². The van der Waals surface area contributed by atoms with E-state index < -0.39 is 0 Å². The number of pyridine rings is 1. The van der Waals surface area contributed by atoms with E-state index in [-0.39, 0.29) is 0 Å². The molecule has 18 heavy (non-hydrogen) atoms. The SMILES string of the molecule is Clc1ccc(-c2nc[nH]c2-c2ccncc2)cc1. The minimum atomic E-state index is 0.722. The predicted molar refractivity (Wildman–Crippen MR) is 72.3 cm³/mol. The Morgan fingerprint density at radius 3 is 2.33 bits per heavy atom. The van der Waals surface area contributed by atoms with Crippen LogP contribution in [-0.4, -0.2) is 15.0 Å². The first-order valence-corrected chi connectivity index (χ1v) is 5.92. The molecule has 0 spiro atoms. The molecule has 1 N–H and O–H groups in total. The highest BCUT2D eigenvalue weighted by Gasteiger charge is 2.09. The topological polar surface area (TPSA) is 41.6 Å². The van der Waals surface area contributed by atoms with E-state index >= 15 is 0 Å². The van der Waals surface area contributed by atoms with Gasteiger partial charge in [0.2, 0.25) is 0 Å². The van der Waals surface area contributed by atoms with Crippen LogP contribution < -0.4 is 0 Å². The molecule has 0 saturated carbocycles. The molecule has 4 heteroatoms. The molecule has 0 atom stereocenters. The van der Waals surface area contributed by atoms with Gasteiger partial charge >= 0.3 is 0 Å². The molecule has 1 aromatic carbocycles. The Bertz CT molecular complexity index is 644. The summed E-state index contributed by atoms with van der Waals surface area (Å²) in [6.07, 6.45) is 5.23. The van der Waals surface area contributed by atoms with Crippen LogP contribution in [0.1, 0.15) is 0 Å². The van der Waals surface area contributed by atoms with Crippen molar-refractivity contribution >= 4 is 11.6 Å². The third-order valence-electron chi connectivity index (χ3n) is 2.73. The molecule has 0 fully saturated rings. The molecule has 0 amide bonds. The Hall–Kier alpha value is -2.13. The standard InChI is InChI=1S/C14H10ClN3/c15-12-3-1-10(2-4-12)13-14(18-9-17-13)11-5-7-16-8-6-11/h1-9H,(H,17,18).